The van der Waals surface area contributed by atoms with Gasteiger partial charge in [0.15, 0.2) is 5.69 Å². The number of imidazole rings is 1. The second kappa shape index (κ2) is 9.35. The predicted molar refractivity (Wildman–Crippen MR) is 119 cm³/mol. The first-order valence-electron chi connectivity index (χ1n) is 10.4. The largest absolute Gasteiger partial charge is 0.497 e. The standard InChI is InChI=1S/C23H26FN5O3/c1-28-21(23(30)31)19(13-25-11-15-3-6-18(32-2)7-4-15)27-22(28)16-5-8-20(26-12-16)29-10-9-17(24)14-29/h3-8,12,17,25H,9-11,13-14H2,1-2H3,(H,30,31)/t17-/m1/s1. The summed E-state index contributed by atoms with van der Waals surface area (Å²) < 4.78 is 20.2. The quantitative estimate of drug-likeness (QED) is 0.557. The van der Waals surface area contributed by atoms with Crippen molar-refractivity contribution < 1.29 is 19.0 Å². The molecule has 2 aromatic heterocycles. The molecular formula is C23H26FN5O3. The lowest BCUT2D eigenvalue weighted by atomic mass is 10.2. The van der Waals surface area contributed by atoms with E-state index in [9.17, 15) is 14.3 Å². The van der Waals surface area contributed by atoms with Crippen LogP contribution in [0.4, 0.5) is 10.2 Å². The number of pyridine rings is 1. The monoisotopic (exact) mass is 439 g/mol. The fourth-order valence-corrected chi connectivity index (χ4v) is 3.90. The molecule has 32 heavy (non-hydrogen) atoms. The first-order valence-corrected chi connectivity index (χ1v) is 10.4. The molecule has 0 bridgehead atoms. The summed E-state index contributed by atoms with van der Waals surface area (Å²) in [6.07, 6.45) is 1.35. The molecule has 3 aromatic rings. The number of rotatable bonds is 8. The number of aromatic carboxylic acids is 1. The number of nitrogens with one attached hydrogen (secondary N) is 1. The minimum atomic E-state index is -1.04. The van der Waals surface area contributed by atoms with Crippen molar-refractivity contribution in [2.75, 3.05) is 25.1 Å². The highest BCUT2D eigenvalue weighted by atomic mass is 19.1. The number of aromatic nitrogens is 3. The summed E-state index contributed by atoms with van der Waals surface area (Å²) in [5.41, 5.74) is 2.34. The summed E-state index contributed by atoms with van der Waals surface area (Å²) in [6, 6.07) is 11.3. The molecule has 4 rings (SSSR count). The minimum absolute atomic E-state index is 0.131. The van der Waals surface area contributed by atoms with Crippen LogP contribution in [0.25, 0.3) is 11.4 Å². The van der Waals surface area contributed by atoms with E-state index < -0.39 is 12.1 Å². The van der Waals surface area contributed by atoms with Gasteiger partial charge in [-0.25, -0.2) is 19.2 Å². The van der Waals surface area contributed by atoms with Crippen molar-refractivity contribution in [1.29, 1.82) is 0 Å². The van der Waals surface area contributed by atoms with Gasteiger partial charge in [-0.1, -0.05) is 12.1 Å². The summed E-state index contributed by atoms with van der Waals surface area (Å²) in [4.78, 5) is 22.8. The molecule has 3 heterocycles. The molecule has 0 amide bonds. The van der Waals surface area contributed by atoms with Gasteiger partial charge in [0.1, 0.15) is 23.6 Å². The molecule has 0 spiro atoms. The lowest BCUT2D eigenvalue weighted by molar-refractivity contribution is 0.0685. The zero-order valence-corrected chi connectivity index (χ0v) is 18.1. The van der Waals surface area contributed by atoms with E-state index in [1.165, 1.54) is 0 Å². The van der Waals surface area contributed by atoms with Crippen LogP contribution in [-0.4, -0.2) is 52.0 Å². The van der Waals surface area contributed by atoms with Crippen LogP contribution in [0.15, 0.2) is 42.6 Å². The molecule has 1 fully saturated rings. The number of carboxylic acid groups (broad SMARTS) is 1. The Morgan fingerprint density at radius 2 is 2.03 bits per heavy atom. The molecule has 1 atom stereocenters. The predicted octanol–water partition coefficient (Wildman–Crippen LogP) is 3.03. The Labute approximate surface area is 185 Å². The fraction of sp³-hybridized carbons (Fsp3) is 0.348. The number of hydrogen-bond donors (Lipinski definition) is 2. The first-order chi connectivity index (χ1) is 15.5. The Morgan fingerprint density at radius 3 is 2.62 bits per heavy atom. The van der Waals surface area contributed by atoms with E-state index in [0.29, 0.717) is 55.5 Å². The summed E-state index contributed by atoms with van der Waals surface area (Å²) in [5, 5.41) is 13.0. The average Bonchev–Trinajstić information content (AvgIpc) is 3.37. The number of carboxylic acids is 1. The van der Waals surface area contributed by atoms with E-state index in [-0.39, 0.29) is 5.69 Å². The number of hydrogen-bond acceptors (Lipinski definition) is 6. The van der Waals surface area contributed by atoms with E-state index in [4.69, 9.17) is 4.74 Å². The minimum Gasteiger partial charge on any atom is -0.497 e. The van der Waals surface area contributed by atoms with Crippen LogP contribution >= 0.6 is 0 Å². The third kappa shape index (κ3) is 4.57. The summed E-state index contributed by atoms with van der Waals surface area (Å²) in [6.45, 7) is 1.86. The number of anilines is 1. The third-order valence-electron chi connectivity index (χ3n) is 5.61. The zero-order chi connectivity index (χ0) is 22.7. The van der Waals surface area contributed by atoms with Gasteiger partial charge in [0, 0.05) is 38.4 Å². The normalized spacial score (nSPS) is 15.8. The molecule has 1 aromatic carbocycles. The maximum absolute atomic E-state index is 13.5. The highest BCUT2D eigenvalue weighted by molar-refractivity contribution is 5.88. The molecule has 0 radical (unpaired) electrons. The smallest absolute Gasteiger partial charge is 0.354 e. The summed E-state index contributed by atoms with van der Waals surface area (Å²) in [7, 11) is 3.30. The molecular weight excluding hydrogens is 413 g/mol. The average molecular weight is 439 g/mol. The van der Waals surface area contributed by atoms with Crippen molar-refractivity contribution in [3.63, 3.8) is 0 Å². The van der Waals surface area contributed by atoms with Gasteiger partial charge in [-0.05, 0) is 36.2 Å². The molecule has 0 saturated carbocycles. The first kappa shape index (κ1) is 21.8. The highest BCUT2D eigenvalue weighted by Gasteiger charge is 2.24. The molecule has 9 heteroatoms. The van der Waals surface area contributed by atoms with Crippen LogP contribution in [0.2, 0.25) is 0 Å². The van der Waals surface area contributed by atoms with Crippen LogP contribution in [0.3, 0.4) is 0 Å². The molecule has 1 aliphatic heterocycles. The van der Waals surface area contributed by atoms with Gasteiger partial charge in [0.2, 0.25) is 0 Å². The van der Waals surface area contributed by atoms with Crippen molar-refractivity contribution in [1.82, 2.24) is 19.9 Å². The van der Waals surface area contributed by atoms with Crippen LogP contribution in [-0.2, 0) is 20.1 Å². The molecule has 8 nitrogen and oxygen atoms in total. The molecule has 1 saturated heterocycles. The lowest BCUT2D eigenvalue weighted by Crippen LogP contribution is -2.20. The van der Waals surface area contributed by atoms with Gasteiger partial charge in [0.25, 0.3) is 0 Å². The van der Waals surface area contributed by atoms with Crippen molar-refractivity contribution in [2.24, 2.45) is 7.05 Å². The van der Waals surface area contributed by atoms with E-state index in [1.807, 2.05) is 41.3 Å². The maximum atomic E-state index is 13.5. The van der Waals surface area contributed by atoms with Crippen molar-refractivity contribution in [2.45, 2.75) is 25.7 Å². The Balaban J connectivity index is 1.49. The second-order valence-corrected chi connectivity index (χ2v) is 7.78. The van der Waals surface area contributed by atoms with Crippen molar-refractivity contribution >= 4 is 11.8 Å². The third-order valence-corrected chi connectivity index (χ3v) is 5.61. The van der Waals surface area contributed by atoms with E-state index >= 15 is 0 Å². The van der Waals surface area contributed by atoms with Gasteiger partial charge >= 0.3 is 5.97 Å². The van der Waals surface area contributed by atoms with Gasteiger partial charge in [-0.2, -0.15) is 0 Å². The maximum Gasteiger partial charge on any atom is 0.354 e. The van der Waals surface area contributed by atoms with Crippen molar-refractivity contribution in [3.05, 3.63) is 59.5 Å². The molecule has 2 N–H and O–H groups in total. The summed E-state index contributed by atoms with van der Waals surface area (Å²) >= 11 is 0. The Morgan fingerprint density at radius 1 is 1.25 bits per heavy atom. The van der Waals surface area contributed by atoms with E-state index in [0.717, 1.165) is 11.3 Å². The Hall–Kier alpha value is -3.46. The number of ether oxygens (including phenoxy) is 1. The van der Waals surface area contributed by atoms with Gasteiger partial charge < -0.3 is 24.6 Å². The second-order valence-electron chi connectivity index (χ2n) is 7.78. The van der Waals surface area contributed by atoms with E-state index in [2.05, 4.69) is 15.3 Å². The highest BCUT2D eigenvalue weighted by Crippen LogP contribution is 2.25. The number of nitrogens with zero attached hydrogens (tertiary/aromatic N) is 4. The van der Waals surface area contributed by atoms with Crippen molar-refractivity contribution in [3.8, 4) is 17.1 Å². The number of carbonyl (C=O) groups is 1. The fourth-order valence-electron chi connectivity index (χ4n) is 3.90. The Kier molecular flexibility index (Phi) is 6.36. The van der Waals surface area contributed by atoms with Gasteiger partial charge in [-0.15, -0.1) is 0 Å². The molecule has 0 aliphatic carbocycles. The molecule has 168 valence electrons. The van der Waals surface area contributed by atoms with Crippen LogP contribution in [0.5, 0.6) is 5.75 Å². The molecule has 0 unspecified atom stereocenters. The topological polar surface area (TPSA) is 92.5 Å². The van der Waals surface area contributed by atoms with Crippen LogP contribution in [0, 0.1) is 0 Å². The van der Waals surface area contributed by atoms with Gasteiger partial charge in [0.05, 0.1) is 19.3 Å². The SMILES string of the molecule is COc1ccc(CNCc2nc(-c3ccc(N4CC[C@@H](F)C4)nc3)n(C)c2C(=O)O)cc1. The number of halogens is 1. The van der Waals surface area contributed by atoms with Crippen LogP contribution in [0.1, 0.15) is 28.2 Å². The van der Waals surface area contributed by atoms with Gasteiger partial charge in [-0.3, -0.25) is 0 Å². The van der Waals surface area contributed by atoms with Crippen LogP contribution < -0.4 is 15.0 Å². The number of benzene rings is 1. The lowest BCUT2D eigenvalue weighted by Gasteiger charge is -2.16. The Bertz CT molecular complexity index is 1080. The van der Waals surface area contributed by atoms with E-state index in [1.54, 1.807) is 24.9 Å². The zero-order valence-electron chi connectivity index (χ0n) is 18.1. The number of methoxy groups -OCH3 is 1. The molecule has 1 aliphatic rings. The number of alkyl halides is 1. The summed E-state index contributed by atoms with van der Waals surface area (Å²) in [5.74, 6) is 0.976.